The molecule has 0 saturated carbocycles. The standard InChI is InChI=1S/C33H30N2O3/c1-37-26-15-11-23(12-16-26)25-19-30-32(31(36)20-25)33(35-29-10-6-5-9-28(29)34-30)24-13-17-27(18-14-24)38-21-22-7-3-2-4-8-22/h2-18,25,33-35H,19-21H2,1H3/t25-,33-/m1/s1. The Kier molecular flexibility index (Phi) is 6.57. The number of para-hydroxylation sites is 2. The number of carbonyl (C=O) groups is 1. The summed E-state index contributed by atoms with van der Waals surface area (Å²) in [4.78, 5) is 13.8. The van der Waals surface area contributed by atoms with Gasteiger partial charge in [0.25, 0.3) is 0 Å². The van der Waals surface area contributed by atoms with Gasteiger partial charge in [0.05, 0.1) is 24.5 Å². The number of ketones is 1. The summed E-state index contributed by atoms with van der Waals surface area (Å²) in [7, 11) is 1.66. The van der Waals surface area contributed by atoms with Gasteiger partial charge in [-0.3, -0.25) is 4.79 Å². The van der Waals surface area contributed by atoms with Crippen molar-refractivity contribution in [3.05, 3.63) is 131 Å². The third-order valence-electron chi connectivity index (χ3n) is 7.36. The van der Waals surface area contributed by atoms with Crippen LogP contribution < -0.4 is 20.1 Å². The van der Waals surface area contributed by atoms with Gasteiger partial charge >= 0.3 is 0 Å². The van der Waals surface area contributed by atoms with E-state index in [-0.39, 0.29) is 17.7 Å². The number of benzene rings is 4. The fourth-order valence-electron chi connectivity index (χ4n) is 5.35. The predicted molar refractivity (Wildman–Crippen MR) is 151 cm³/mol. The number of Topliss-reactive ketones (excluding diaryl/α,β-unsaturated/α-hetero) is 1. The summed E-state index contributed by atoms with van der Waals surface area (Å²) in [5.74, 6) is 1.89. The summed E-state index contributed by atoms with van der Waals surface area (Å²) in [6.07, 6.45) is 1.23. The monoisotopic (exact) mass is 502 g/mol. The molecule has 0 saturated heterocycles. The van der Waals surface area contributed by atoms with E-state index in [0.29, 0.717) is 13.0 Å². The Morgan fingerprint density at radius 1 is 0.737 bits per heavy atom. The van der Waals surface area contributed by atoms with E-state index in [2.05, 4.69) is 59.2 Å². The van der Waals surface area contributed by atoms with Gasteiger partial charge in [0.15, 0.2) is 5.78 Å². The van der Waals surface area contributed by atoms with Gasteiger partial charge in [0.1, 0.15) is 18.1 Å². The molecule has 4 aromatic carbocycles. The summed E-state index contributed by atoms with van der Waals surface area (Å²) in [6.45, 7) is 0.514. The average molecular weight is 503 g/mol. The first kappa shape index (κ1) is 23.9. The Bertz CT molecular complexity index is 1460. The van der Waals surface area contributed by atoms with Crippen LogP contribution in [0.2, 0.25) is 0 Å². The van der Waals surface area contributed by atoms with E-state index in [9.17, 15) is 4.79 Å². The van der Waals surface area contributed by atoms with Crippen molar-refractivity contribution >= 4 is 17.2 Å². The van der Waals surface area contributed by atoms with Gasteiger partial charge < -0.3 is 20.1 Å². The second-order valence-corrected chi connectivity index (χ2v) is 9.78. The van der Waals surface area contributed by atoms with Crippen LogP contribution >= 0.6 is 0 Å². The molecule has 5 heteroatoms. The molecule has 190 valence electrons. The maximum Gasteiger partial charge on any atom is 0.163 e. The Labute approximate surface area is 223 Å². The molecule has 0 fully saturated rings. The van der Waals surface area contributed by atoms with Crippen LogP contribution in [0, 0.1) is 0 Å². The van der Waals surface area contributed by atoms with Crippen LogP contribution in [-0.2, 0) is 11.4 Å². The number of rotatable bonds is 6. The minimum atomic E-state index is -0.256. The molecule has 2 aliphatic rings. The van der Waals surface area contributed by atoms with Crippen molar-refractivity contribution in [2.75, 3.05) is 17.7 Å². The van der Waals surface area contributed by atoms with Gasteiger partial charge in [-0.25, -0.2) is 0 Å². The van der Waals surface area contributed by atoms with Crippen molar-refractivity contribution in [1.82, 2.24) is 0 Å². The van der Waals surface area contributed by atoms with Gasteiger partial charge in [-0.1, -0.05) is 66.7 Å². The summed E-state index contributed by atoms with van der Waals surface area (Å²) in [5.41, 5.74) is 7.05. The molecule has 1 heterocycles. The van der Waals surface area contributed by atoms with Crippen LogP contribution in [0.3, 0.4) is 0 Å². The van der Waals surface area contributed by atoms with E-state index in [0.717, 1.165) is 57.3 Å². The second-order valence-electron chi connectivity index (χ2n) is 9.78. The first-order chi connectivity index (χ1) is 18.7. The molecule has 38 heavy (non-hydrogen) atoms. The highest BCUT2D eigenvalue weighted by molar-refractivity contribution is 6.01. The molecule has 4 aromatic rings. The third kappa shape index (κ3) is 4.88. The zero-order valence-electron chi connectivity index (χ0n) is 21.3. The zero-order valence-corrected chi connectivity index (χ0v) is 21.3. The summed E-state index contributed by atoms with van der Waals surface area (Å²) >= 11 is 0. The molecular weight excluding hydrogens is 472 g/mol. The molecule has 2 N–H and O–H groups in total. The highest BCUT2D eigenvalue weighted by Gasteiger charge is 2.36. The summed E-state index contributed by atoms with van der Waals surface area (Å²) in [5, 5.41) is 7.26. The maximum atomic E-state index is 13.8. The van der Waals surface area contributed by atoms with E-state index in [1.165, 1.54) is 0 Å². The number of hydrogen-bond acceptors (Lipinski definition) is 5. The Morgan fingerprint density at radius 3 is 2.13 bits per heavy atom. The van der Waals surface area contributed by atoms with Gasteiger partial charge in [0.2, 0.25) is 0 Å². The van der Waals surface area contributed by atoms with E-state index >= 15 is 0 Å². The molecule has 0 aromatic heterocycles. The first-order valence-electron chi connectivity index (χ1n) is 13.0. The van der Waals surface area contributed by atoms with E-state index in [1.54, 1.807) is 7.11 Å². The number of methoxy groups -OCH3 is 1. The number of ether oxygens (including phenoxy) is 2. The highest BCUT2D eigenvalue weighted by atomic mass is 16.5. The van der Waals surface area contributed by atoms with E-state index in [1.807, 2.05) is 54.6 Å². The van der Waals surface area contributed by atoms with Crippen molar-refractivity contribution < 1.29 is 14.3 Å². The van der Waals surface area contributed by atoms with Crippen molar-refractivity contribution in [2.45, 2.75) is 31.4 Å². The van der Waals surface area contributed by atoms with Crippen LogP contribution in [0.5, 0.6) is 11.5 Å². The molecular formula is C33H30N2O3. The zero-order chi connectivity index (χ0) is 25.9. The second kappa shape index (κ2) is 10.5. The minimum Gasteiger partial charge on any atom is -0.497 e. The van der Waals surface area contributed by atoms with Crippen molar-refractivity contribution in [3.63, 3.8) is 0 Å². The van der Waals surface area contributed by atoms with Gasteiger partial charge in [-0.15, -0.1) is 0 Å². The molecule has 0 radical (unpaired) electrons. The predicted octanol–water partition coefficient (Wildman–Crippen LogP) is 7.25. The summed E-state index contributed by atoms with van der Waals surface area (Å²) in [6, 6.07) is 34.1. The lowest BCUT2D eigenvalue weighted by Crippen LogP contribution is -2.26. The molecule has 1 aliphatic carbocycles. The van der Waals surface area contributed by atoms with Crippen molar-refractivity contribution in [2.24, 2.45) is 0 Å². The molecule has 5 nitrogen and oxygen atoms in total. The van der Waals surface area contributed by atoms with Crippen molar-refractivity contribution in [1.29, 1.82) is 0 Å². The molecule has 6 rings (SSSR count). The van der Waals surface area contributed by atoms with Gasteiger partial charge in [0, 0.05) is 17.7 Å². The van der Waals surface area contributed by atoms with Crippen LogP contribution in [0.15, 0.2) is 114 Å². The number of carbonyl (C=O) groups excluding carboxylic acids is 1. The number of nitrogens with one attached hydrogen (secondary N) is 2. The lowest BCUT2D eigenvalue weighted by molar-refractivity contribution is -0.116. The number of anilines is 2. The number of allylic oxidation sites excluding steroid dienone is 1. The lowest BCUT2D eigenvalue weighted by atomic mass is 9.78. The lowest BCUT2D eigenvalue weighted by Gasteiger charge is -2.30. The topological polar surface area (TPSA) is 59.6 Å². The average Bonchev–Trinajstić information content (AvgIpc) is 3.14. The smallest absolute Gasteiger partial charge is 0.163 e. The molecule has 1 aliphatic heterocycles. The Balaban J connectivity index is 1.30. The maximum absolute atomic E-state index is 13.8. The van der Waals surface area contributed by atoms with Crippen LogP contribution in [0.4, 0.5) is 11.4 Å². The fraction of sp³-hybridized carbons (Fsp3) is 0.182. The normalized spacial score (nSPS) is 18.4. The van der Waals surface area contributed by atoms with Gasteiger partial charge in [-0.2, -0.15) is 0 Å². The van der Waals surface area contributed by atoms with Crippen LogP contribution in [0.1, 0.15) is 41.5 Å². The SMILES string of the molecule is COc1ccc([C@H]2CC(=O)C3=C(C2)Nc2ccccc2N[C@@H]3c2ccc(OCc3ccccc3)cc2)cc1. The number of fused-ring (bicyclic) bond motifs is 1. The molecule has 0 amide bonds. The highest BCUT2D eigenvalue weighted by Crippen LogP contribution is 2.44. The Hall–Kier alpha value is -4.51. The fourth-order valence-corrected chi connectivity index (χ4v) is 5.35. The molecule has 0 bridgehead atoms. The van der Waals surface area contributed by atoms with E-state index in [4.69, 9.17) is 9.47 Å². The minimum absolute atomic E-state index is 0.110. The quantitative estimate of drug-likeness (QED) is 0.291. The van der Waals surface area contributed by atoms with Crippen LogP contribution in [-0.4, -0.2) is 12.9 Å². The molecule has 2 atom stereocenters. The summed E-state index contributed by atoms with van der Waals surface area (Å²) < 4.78 is 11.3. The molecule has 0 spiro atoms. The molecule has 0 unspecified atom stereocenters. The van der Waals surface area contributed by atoms with E-state index < -0.39 is 0 Å². The third-order valence-corrected chi connectivity index (χ3v) is 7.36. The van der Waals surface area contributed by atoms with Crippen LogP contribution in [0.25, 0.3) is 0 Å². The first-order valence-corrected chi connectivity index (χ1v) is 13.0. The Morgan fingerprint density at radius 2 is 1.39 bits per heavy atom. The van der Waals surface area contributed by atoms with Crippen molar-refractivity contribution in [3.8, 4) is 11.5 Å². The van der Waals surface area contributed by atoms with Gasteiger partial charge in [-0.05, 0) is 65.4 Å². The number of hydrogen-bond donors (Lipinski definition) is 2. The largest absolute Gasteiger partial charge is 0.497 e.